The number of carbonyl (C=O) groups excluding carboxylic acids is 3. The first kappa shape index (κ1) is 27.6. The van der Waals surface area contributed by atoms with E-state index >= 15 is 0 Å². The Hall–Kier alpha value is -4.01. The van der Waals surface area contributed by atoms with Crippen LogP contribution in [-0.2, 0) is 9.53 Å². The van der Waals surface area contributed by atoms with Gasteiger partial charge in [0.25, 0.3) is 0 Å². The second-order valence-corrected chi connectivity index (χ2v) is 9.00. The van der Waals surface area contributed by atoms with E-state index in [-0.39, 0.29) is 12.1 Å². The van der Waals surface area contributed by atoms with Crippen LogP contribution in [0.15, 0.2) is 59.8 Å². The van der Waals surface area contributed by atoms with Crippen molar-refractivity contribution in [1.82, 2.24) is 10.2 Å². The lowest BCUT2D eigenvalue weighted by Gasteiger charge is -2.35. The topological polar surface area (TPSA) is 109 Å². The summed E-state index contributed by atoms with van der Waals surface area (Å²) >= 11 is 0. The molecule has 2 aromatic rings. The van der Waals surface area contributed by atoms with E-state index in [1.807, 2.05) is 13.8 Å². The molecular weight excluding hydrogens is 472 g/mol. The van der Waals surface area contributed by atoms with Crippen LogP contribution in [0.1, 0.15) is 59.1 Å². The number of anilines is 2. The number of rotatable bonds is 10. The van der Waals surface area contributed by atoms with Crippen molar-refractivity contribution in [2.75, 3.05) is 23.8 Å². The molecule has 37 heavy (non-hydrogen) atoms. The van der Waals surface area contributed by atoms with Crippen LogP contribution < -0.4 is 20.7 Å². The molecule has 9 heteroatoms. The second-order valence-electron chi connectivity index (χ2n) is 9.00. The molecule has 1 atom stereocenters. The predicted molar refractivity (Wildman–Crippen MR) is 144 cm³/mol. The molecule has 0 bridgehead atoms. The van der Waals surface area contributed by atoms with E-state index in [2.05, 4.69) is 16.0 Å². The van der Waals surface area contributed by atoms with Gasteiger partial charge in [-0.25, -0.2) is 14.4 Å². The highest BCUT2D eigenvalue weighted by Crippen LogP contribution is 2.33. The first-order chi connectivity index (χ1) is 17.7. The third-order valence-electron chi connectivity index (χ3n) is 5.80. The fourth-order valence-electron chi connectivity index (χ4n) is 4.05. The molecule has 0 saturated heterocycles. The zero-order valence-corrected chi connectivity index (χ0v) is 22.1. The lowest BCUT2D eigenvalue weighted by molar-refractivity contribution is -0.143. The monoisotopic (exact) mass is 508 g/mol. The molecule has 3 N–H and O–H groups in total. The Balaban J connectivity index is 1.82. The van der Waals surface area contributed by atoms with Gasteiger partial charge in [-0.15, -0.1) is 0 Å². The maximum Gasteiger partial charge on any atom is 0.338 e. The summed E-state index contributed by atoms with van der Waals surface area (Å²) in [6.45, 7) is 10.4. The number of benzene rings is 2. The summed E-state index contributed by atoms with van der Waals surface area (Å²) in [6, 6.07) is 12.7. The maximum atomic E-state index is 13.1. The molecule has 1 aliphatic heterocycles. The minimum Gasteiger partial charge on any atom is -0.494 e. The van der Waals surface area contributed by atoms with Gasteiger partial charge in [0.1, 0.15) is 5.75 Å². The summed E-state index contributed by atoms with van der Waals surface area (Å²) in [5.41, 5.74) is 2.72. The molecule has 1 aliphatic rings. The van der Waals surface area contributed by atoms with Crippen LogP contribution in [0, 0.1) is 0 Å². The molecular formula is C28H36N4O5. The van der Waals surface area contributed by atoms with Crippen molar-refractivity contribution in [3.05, 3.63) is 65.4 Å². The van der Waals surface area contributed by atoms with E-state index in [0.717, 1.165) is 18.6 Å². The highest BCUT2D eigenvalue weighted by atomic mass is 16.5. The number of urea groups is 2. The zero-order valence-electron chi connectivity index (χ0n) is 22.1. The molecule has 0 saturated carbocycles. The van der Waals surface area contributed by atoms with Crippen molar-refractivity contribution in [1.29, 1.82) is 0 Å². The summed E-state index contributed by atoms with van der Waals surface area (Å²) in [6.07, 6.45) is 1.42. The molecule has 2 aromatic carbocycles. The normalized spacial score (nSPS) is 15.4. The molecule has 0 aliphatic carbocycles. The van der Waals surface area contributed by atoms with E-state index in [1.165, 1.54) is 0 Å². The SMILES string of the molecule is CCCCN1C(=O)NC(c2cccc(NC(=O)Nc3ccc(OCC)cc3)c2)C(C(=O)OC(C)C)=C1C. The Kier molecular flexibility index (Phi) is 9.54. The Morgan fingerprint density at radius 2 is 1.76 bits per heavy atom. The Labute approximate surface area is 218 Å². The Morgan fingerprint density at radius 3 is 2.41 bits per heavy atom. The van der Waals surface area contributed by atoms with Crippen molar-refractivity contribution in [3.63, 3.8) is 0 Å². The van der Waals surface area contributed by atoms with Gasteiger partial charge in [-0.3, -0.25) is 4.90 Å². The number of hydrogen-bond donors (Lipinski definition) is 3. The fourth-order valence-corrected chi connectivity index (χ4v) is 4.05. The van der Waals surface area contributed by atoms with Crippen molar-refractivity contribution < 1.29 is 23.9 Å². The van der Waals surface area contributed by atoms with Gasteiger partial charge < -0.3 is 25.4 Å². The molecule has 0 aromatic heterocycles. The molecule has 1 heterocycles. The van der Waals surface area contributed by atoms with E-state index in [9.17, 15) is 14.4 Å². The summed E-state index contributed by atoms with van der Waals surface area (Å²) in [5.74, 6) is 0.240. The standard InChI is InChI=1S/C28H36N4O5/c1-6-8-16-32-19(5)24(26(33)37-18(3)4)25(31-28(32)35)20-10-9-11-22(17-20)30-27(34)29-21-12-14-23(15-13-21)36-7-2/h9-15,17-18,25H,6-8,16H2,1-5H3,(H,31,35)(H2,29,30,34). The number of nitrogens with one attached hydrogen (secondary N) is 3. The highest BCUT2D eigenvalue weighted by molar-refractivity contribution is 6.00. The van der Waals surface area contributed by atoms with Gasteiger partial charge in [0.15, 0.2) is 0 Å². The van der Waals surface area contributed by atoms with Crippen LogP contribution in [-0.4, -0.2) is 42.2 Å². The molecule has 9 nitrogen and oxygen atoms in total. The van der Waals surface area contributed by atoms with Gasteiger partial charge >= 0.3 is 18.0 Å². The van der Waals surface area contributed by atoms with Gasteiger partial charge in [-0.2, -0.15) is 0 Å². The van der Waals surface area contributed by atoms with Gasteiger partial charge in [0, 0.05) is 23.6 Å². The van der Waals surface area contributed by atoms with Gasteiger partial charge in [-0.05, 0) is 76.1 Å². The maximum absolute atomic E-state index is 13.1. The number of unbranched alkanes of at least 4 members (excludes halogenated alkanes) is 1. The fraction of sp³-hybridized carbons (Fsp3) is 0.393. The molecule has 3 rings (SSSR count). The first-order valence-corrected chi connectivity index (χ1v) is 12.6. The van der Waals surface area contributed by atoms with Crippen LogP contribution in [0.3, 0.4) is 0 Å². The number of allylic oxidation sites excluding steroid dienone is 1. The van der Waals surface area contributed by atoms with E-state index < -0.39 is 18.0 Å². The lowest BCUT2D eigenvalue weighted by atomic mass is 9.94. The van der Waals surface area contributed by atoms with Crippen LogP contribution >= 0.6 is 0 Å². The number of amides is 4. The van der Waals surface area contributed by atoms with Crippen LogP contribution in [0.5, 0.6) is 5.75 Å². The van der Waals surface area contributed by atoms with Crippen molar-refractivity contribution in [2.45, 2.75) is 59.6 Å². The third kappa shape index (κ3) is 7.25. The summed E-state index contributed by atoms with van der Waals surface area (Å²) < 4.78 is 10.9. The van der Waals surface area contributed by atoms with E-state index in [4.69, 9.17) is 9.47 Å². The molecule has 0 spiro atoms. The smallest absolute Gasteiger partial charge is 0.338 e. The predicted octanol–water partition coefficient (Wildman–Crippen LogP) is 5.82. The van der Waals surface area contributed by atoms with Crippen molar-refractivity contribution >= 4 is 29.4 Å². The van der Waals surface area contributed by atoms with Gasteiger partial charge in [0.05, 0.1) is 24.3 Å². The van der Waals surface area contributed by atoms with Gasteiger partial charge in [0.2, 0.25) is 0 Å². The molecule has 4 amide bonds. The number of esters is 1. The summed E-state index contributed by atoms with van der Waals surface area (Å²) in [5, 5.41) is 8.54. The average molecular weight is 509 g/mol. The quantitative estimate of drug-likeness (QED) is 0.350. The second kappa shape index (κ2) is 12.8. The van der Waals surface area contributed by atoms with Crippen molar-refractivity contribution in [3.8, 4) is 5.75 Å². The number of carbonyl (C=O) groups is 3. The van der Waals surface area contributed by atoms with E-state index in [0.29, 0.717) is 41.4 Å². The molecule has 198 valence electrons. The Morgan fingerprint density at radius 1 is 1.05 bits per heavy atom. The number of ether oxygens (including phenoxy) is 2. The number of nitrogens with zero attached hydrogens (tertiary/aromatic N) is 1. The van der Waals surface area contributed by atoms with Crippen LogP contribution in [0.4, 0.5) is 21.0 Å². The van der Waals surface area contributed by atoms with Gasteiger partial charge in [-0.1, -0.05) is 25.5 Å². The average Bonchev–Trinajstić information content (AvgIpc) is 2.84. The largest absolute Gasteiger partial charge is 0.494 e. The van der Waals surface area contributed by atoms with Crippen LogP contribution in [0.2, 0.25) is 0 Å². The minimum absolute atomic E-state index is 0.274. The van der Waals surface area contributed by atoms with Crippen molar-refractivity contribution in [2.24, 2.45) is 0 Å². The molecule has 0 radical (unpaired) electrons. The molecule has 1 unspecified atom stereocenters. The minimum atomic E-state index is -0.715. The molecule has 0 fully saturated rings. The summed E-state index contributed by atoms with van der Waals surface area (Å²) in [7, 11) is 0. The number of hydrogen-bond acceptors (Lipinski definition) is 5. The summed E-state index contributed by atoms with van der Waals surface area (Å²) in [4.78, 5) is 40.3. The zero-order chi connectivity index (χ0) is 26.9. The highest BCUT2D eigenvalue weighted by Gasteiger charge is 2.36. The van der Waals surface area contributed by atoms with E-state index in [1.54, 1.807) is 74.2 Å². The first-order valence-electron chi connectivity index (χ1n) is 12.6. The third-order valence-corrected chi connectivity index (χ3v) is 5.80. The van der Waals surface area contributed by atoms with Crippen LogP contribution in [0.25, 0.3) is 0 Å². The lowest BCUT2D eigenvalue weighted by Crippen LogP contribution is -2.48. The Bertz CT molecular complexity index is 1140.